The number of thiophene rings is 1. The Balaban J connectivity index is 1.73. The fourth-order valence-corrected chi connectivity index (χ4v) is 2.86. The average Bonchev–Trinajstić information content (AvgIpc) is 2.58. The van der Waals surface area contributed by atoms with Crippen molar-refractivity contribution < 1.29 is 0 Å². The Bertz CT molecular complexity index is 235. The predicted molar refractivity (Wildman–Crippen MR) is 62.9 cm³/mol. The molecule has 1 aliphatic rings. The number of aryl methyl sites for hydroxylation is 1. The van der Waals surface area contributed by atoms with Gasteiger partial charge in [-0.3, -0.25) is 0 Å². The predicted octanol–water partition coefficient (Wildman–Crippen LogP) is 3.07. The molecule has 1 aliphatic heterocycles. The lowest BCUT2D eigenvalue weighted by atomic mass is 9.97. The van der Waals surface area contributed by atoms with E-state index in [9.17, 15) is 0 Å². The molecule has 0 aromatic carbocycles. The van der Waals surface area contributed by atoms with E-state index in [0.29, 0.717) is 0 Å². The van der Waals surface area contributed by atoms with Gasteiger partial charge in [0.15, 0.2) is 0 Å². The highest BCUT2D eigenvalue weighted by molar-refractivity contribution is 7.09. The van der Waals surface area contributed by atoms with Crippen molar-refractivity contribution in [2.24, 2.45) is 5.92 Å². The second-order valence-electron chi connectivity index (χ2n) is 4.18. The van der Waals surface area contributed by atoms with Gasteiger partial charge in [-0.05, 0) is 56.1 Å². The van der Waals surface area contributed by atoms with Crippen molar-refractivity contribution in [3.63, 3.8) is 0 Å². The molecule has 0 spiro atoms. The lowest BCUT2D eigenvalue weighted by Crippen LogP contribution is -2.20. The monoisotopic (exact) mass is 209 g/mol. The Morgan fingerprint density at radius 3 is 3.29 bits per heavy atom. The maximum absolute atomic E-state index is 3.53. The van der Waals surface area contributed by atoms with Gasteiger partial charge >= 0.3 is 0 Å². The minimum atomic E-state index is 0.916. The van der Waals surface area contributed by atoms with Gasteiger partial charge in [0.25, 0.3) is 0 Å². The van der Waals surface area contributed by atoms with Crippen LogP contribution >= 0.6 is 11.3 Å². The summed E-state index contributed by atoms with van der Waals surface area (Å²) in [5.41, 5.74) is 0. The smallest absolute Gasteiger partial charge is 0.00453 e. The van der Waals surface area contributed by atoms with Crippen molar-refractivity contribution in [3.8, 4) is 0 Å². The lowest BCUT2D eigenvalue weighted by molar-refractivity contribution is 0.448. The van der Waals surface area contributed by atoms with Crippen molar-refractivity contribution in [3.05, 3.63) is 22.4 Å². The number of rotatable bonds is 3. The standard InChI is InChI=1S/C12H19NS/c1-2-8-13-10-11(4-1)6-7-12-5-3-9-14-12/h3,5,9,11,13H,1-2,4,6-8,10H2. The zero-order valence-electron chi connectivity index (χ0n) is 8.67. The Morgan fingerprint density at radius 1 is 1.43 bits per heavy atom. The minimum absolute atomic E-state index is 0.916. The molecule has 1 saturated heterocycles. The molecule has 2 heteroatoms. The van der Waals surface area contributed by atoms with Crippen molar-refractivity contribution in [2.75, 3.05) is 13.1 Å². The van der Waals surface area contributed by atoms with Crippen LogP contribution in [0.1, 0.15) is 30.6 Å². The van der Waals surface area contributed by atoms with E-state index in [4.69, 9.17) is 0 Å². The van der Waals surface area contributed by atoms with E-state index in [1.807, 2.05) is 11.3 Å². The van der Waals surface area contributed by atoms with Crippen molar-refractivity contribution in [1.82, 2.24) is 5.32 Å². The summed E-state index contributed by atoms with van der Waals surface area (Å²) in [6.45, 7) is 2.47. The summed E-state index contributed by atoms with van der Waals surface area (Å²) in [5, 5.41) is 5.71. The normalized spacial score (nSPS) is 23.3. The molecule has 0 radical (unpaired) electrons. The summed E-state index contributed by atoms with van der Waals surface area (Å²) in [6, 6.07) is 4.42. The Hall–Kier alpha value is -0.340. The van der Waals surface area contributed by atoms with E-state index < -0.39 is 0 Å². The molecule has 2 rings (SSSR count). The third-order valence-electron chi connectivity index (χ3n) is 3.03. The van der Waals surface area contributed by atoms with Gasteiger partial charge in [0.05, 0.1) is 0 Å². The van der Waals surface area contributed by atoms with Crippen LogP contribution < -0.4 is 5.32 Å². The quantitative estimate of drug-likeness (QED) is 0.806. The van der Waals surface area contributed by atoms with Crippen molar-refractivity contribution in [1.29, 1.82) is 0 Å². The van der Waals surface area contributed by atoms with Crippen LogP contribution in [0.4, 0.5) is 0 Å². The molecule has 1 atom stereocenters. The first kappa shape index (κ1) is 10.2. The maximum atomic E-state index is 3.53. The second-order valence-corrected chi connectivity index (χ2v) is 5.22. The second kappa shape index (κ2) is 5.52. The fourth-order valence-electron chi connectivity index (χ4n) is 2.14. The minimum Gasteiger partial charge on any atom is -0.316 e. The SMILES string of the molecule is c1csc(CCC2CCCCNC2)c1. The molecule has 1 aromatic rings. The van der Waals surface area contributed by atoms with Crippen LogP contribution in [0, 0.1) is 5.92 Å². The summed E-state index contributed by atoms with van der Waals surface area (Å²) >= 11 is 1.90. The van der Waals surface area contributed by atoms with E-state index in [1.165, 1.54) is 45.2 Å². The Kier molecular flexibility index (Phi) is 4.02. The average molecular weight is 209 g/mol. The Labute approximate surface area is 90.5 Å². The van der Waals surface area contributed by atoms with Gasteiger partial charge in [0.1, 0.15) is 0 Å². The molecule has 1 nitrogen and oxygen atoms in total. The van der Waals surface area contributed by atoms with Crippen molar-refractivity contribution >= 4 is 11.3 Å². The molecule has 2 heterocycles. The zero-order valence-corrected chi connectivity index (χ0v) is 9.48. The summed E-state index contributed by atoms with van der Waals surface area (Å²) in [4.78, 5) is 1.55. The van der Waals surface area contributed by atoms with Crippen LogP contribution in [-0.4, -0.2) is 13.1 Å². The summed E-state index contributed by atoms with van der Waals surface area (Å²) in [5.74, 6) is 0.916. The molecule has 0 aliphatic carbocycles. The molecule has 0 bridgehead atoms. The van der Waals surface area contributed by atoms with E-state index in [0.717, 1.165) is 5.92 Å². The number of nitrogens with one attached hydrogen (secondary N) is 1. The third kappa shape index (κ3) is 3.10. The van der Waals surface area contributed by atoms with Gasteiger partial charge in [-0.25, -0.2) is 0 Å². The first-order chi connectivity index (χ1) is 6.95. The summed E-state index contributed by atoms with van der Waals surface area (Å²) in [7, 11) is 0. The first-order valence-corrected chi connectivity index (χ1v) is 6.56. The maximum Gasteiger partial charge on any atom is 0.00453 e. The van der Waals surface area contributed by atoms with Crippen LogP contribution in [0.3, 0.4) is 0 Å². The molecule has 14 heavy (non-hydrogen) atoms. The highest BCUT2D eigenvalue weighted by Gasteiger charge is 2.11. The van der Waals surface area contributed by atoms with Gasteiger partial charge in [0, 0.05) is 4.88 Å². The zero-order chi connectivity index (χ0) is 9.64. The van der Waals surface area contributed by atoms with E-state index >= 15 is 0 Å². The van der Waals surface area contributed by atoms with Crippen LogP contribution in [0.2, 0.25) is 0 Å². The molecule has 78 valence electrons. The molecular formula is C12H19NS. The van der Waals surface area contributed by atoms with E-state index in [2.05, 4.69) is 22.8 Å². The third-order valence-corrected chi connectivity index (χ3v) is 3.96. The van der Waals surface area contributed by atoms with E-state index in [-0.39, 0.29) is 0 Å². The highest BCUT2D eigenvalue weighted by atomic mass is 32.1. The van der Waals surface area contributed by atoms with Gasteiger partial charge < -0.3 is 5.32 Å². The molecule has 1 fully saturated rings. The Morgan fingerprint density at radius 2 is 2.43 bits per heavy atom. The van der Waals surface area contributed by atoms with Crippen LogP contribution in [-0.2, 0) is 6.42 Å². The van der Waals surface area contributed by atoms with E-state index in [1.54, 1.807) is 4.88 Å². The van der Waals surface area contributed by atoms with Crippen molar-refractivity contribution in [2.45, 2.75) is 32.1 Å². The molecule has 1 N–H and O–H groups in total. The van der Waals surface area contributed by atoms with Crippen LogP contribution in [0.5, 0.6) is 0 Å². The molecule has 1 unspecified atom stereocenters. The highest BCUT2D eigenvalue weighted by Crippen LogP contribution is 2.19. The fraction of sp³-hybridized carbons (Fsp3) is 0.667. The number of hydrogen-bond acceptors (Lipinski definition) is 2. The van der Waals surface area contributed by atoms with Crippen LogP contribution in [0.15, 0.2) is 17.5 Å². The summed E-state index contributed by atoms with van der Waals surface area (Å²) < 4.78 is 0. The largest absolute Gasteiger partial charge is 0.316 e. The van der Waals surface area contributed by atoms with Crippen LogP contribution in [0.25, 0.3) is 0 Å². The molecule has 0 amide bonds. The van der Waals surface area contributed by atoms with Gasteiger partial charge in [-0.1, -0.05) is 12.5 Å². The lowest BCUT2D eigenvalue weighted by Gasteiger charge is -2.12. The molecule has 1 aromatic heterocycles. The van der Waals surface area contributed by atoms with Gasteiger partial charge in [0.2, 0.25) is 0 Å². The molecule has 0 saturated carbocycles. The molecular weight excluding hydrogens is 190 g/mol. The number of hydrogen-bond donors (Lipinski definition) is 1. The first-order valence-electron chi connectivity index (χ1n) is 5.68. The van der Waals surface area contributed by atoms with Gasteiger partial charge in [-0.15, -0.1) is 11.3 Å². The van der Waals surface area contributed by atoms with Gasteiger partial charge in [-0.2, -0.15) is 0 Å². The summed E-state index contributed by atoms with van der Waals surface area (Å²) in [6.07, 6.45) is 6.87. The topological polar surface area (TPSA) is 12.0 Å².